The first-order valence-electron chi connectivity index (χ1n) is 6.53. The maximum atomic E-state index is 14.1. The second kappa shape index (κ2) is 6.56. The van der Waals surface area contributed by atoms with Crippen molar-refractivity contribution < 1.29 is 12.8 Å². The zero-order valence-corrected chi connectivity index (χ0v) is 13.6. The summed E-state index contributed by atoms with van der Waals surface area (Å²) in [5, 5.41) is 0. The highest BCUT2D eigenvalue weighted by molar-refractivity contribution is 7.89. The zero-order valence-electron chi connectivity index (χ0n) is 12.8. The highest BCUT2D eigenvalue weighted by Gasteiger charge is 2.27. The number of hydrogen-bond donors (Lipinski definition) is 1. The van der Waals surface area contributed by atoms with E-state index in [0.29, 0.717) is 12.1 Å². The molecule has 0 aliphatic heterocycles. The molecule has 0 saturated heterocycles. The van der Waals surface area contributed by atoms with Crippen molar-refractivity contribution in [3.8, 4) is 11.8 Å². The summed E-state index contributed by atoms with van der Waals surface area (Å²) < 4.78 is 40.0. The summed E-state index contributed by atoms with van der Waals surface area (Å²) in [5.41, 5.74) is 5.42. The van der Waals surface area contributed by atoms with Crippen LogP contribution in [0.5, 0.6) is 0 Å². The fourth-order valence-corrected chi connectivity index (χ4v) is 3.30. The Bertz CT molecular complexity index is 667. The lowest BCUT2D eigenvalue weighted by atomic mass is 9.97. The number of benzene rings is 1. The van der Waals surface area contributed by atoms with Crippen molar-refractivity contribution in [2.45, 2.75) is 25.7 Å². The molecule has 1 aromatic rings. The number of halogens is 1. The third-order valence-electron chi connectivity index (χ3n) is 2.65. The predicted molar refractivity (Wildman–Crippen MR) is 81.6 cm³/mol. The van der Waals surface area contributed by atoms with Crippen LogP contribution in [0.1, 0.15) is 26.3 Å². The third kappa shape index (κ3) is 4.81. The van der Waals surface area contributed by atoms with Crippen molar-refractivity contribution in [2.24, 2.45) is 11.1 Å². The zero-order chi connectivity index (χ0) is 16.3. The standard InChI is InChI=1S/C15H21FN2O2S/c1-15(2,3)11-18(4)21(19,20)14-8-7-12(6-5-9-17)10-13(14)16/h7-8,10H,9,11,17H2,1-4H3. The first kappa shape index (κ1) is 17.6. The molecule has 0 radical (unpaired) electrons. The van der Waals surface area contributed by atoms with Crippen molar-refractivity contribution >= 4 is 10.0 Å². The summed E-state index contributed by atoms with van der Waals surface area (Å²) in [4.78, 5) is -0.340. The molecule has 1 rings (SSSR count). The highest BCUT2D eigenvalue weighted by atomic mass is 32.2. The van der Waals surface area contributed by atoms with Crippen LogP contribution < -0.4 is 5.73 Å². The van der Waals surface area contributed by atoms with Crippen LogP contribution >= 0.6 is 0 Å². The Morgan fingerprint density at radius 2 is 1.95 bits per heavy atom. The molecule has 0 aliphatic rings. The van der Waals surface area contributed by atoms with E-state index in [1.807, 2.05) is 20.8 Å². The van der Waals surface area contributed by atoms with Gasteiger partial charge in [-0.15, -0.1) is 0 Å². The minimum absolute atomic E-state index is 0.163. The van der Waals surface area contributed by atoms with Gasteiger partial charge in [-0.1, -0.05) is 32.6 Å². The molecule has 116 valence electrons. The van der Waals surface area contributed by atoms with Gasteiger partial charge < -0.3 is 5.73 Å². The van der Waals surface area contributed by atoms with Crippen LogP contribution in [0.2, 0.25) is 0 Å². The highest BCUT2D eigenvalue weighted by Crippen LogP contribution is 2.23. The smallest absolute Gasteiger partial charge is 0.245 e. The Morgan fingerprint density at radius 3 is 2.43 bits per heavy atom. The molecule has 2 N–H and O–H groups in total. The van der Waals surface area contributed by atoms with Crippen LogP contribution in [-0.4, -0.2) is 32.9 Å². The Balaban J connectivity index is 3.15. The van der Waals surface area contributed by atoms with E-state index in [2.05, 4.69) is 11.8 Å². The van der Waals surface area contributed by atoms with E-state index in [9.17, 15) is 12.8 Å². The number of nitrogens with two attached hydrogens (primary N) is 1. The van der Waals surface area contributed by atoms with Gasteiger partial charge in [-0.3, -0.25) is 0 Å². The van der Waals surface area contributed by atoms with Gasteiger partial charge in [-0.05, 0) is 23.6 Å². The van der Waals surface area contributed by atoms with Crippen molar-refractivity contribution in [1.29, 1.82) is 0 Å². The molecule has 0 heterocycles. The van der Waals surface area contributed by atoms with Crippen LogP contribution in [0.3, 0.4) is 0 Å². The van der Waals surface area contributed by atoms with Crippen LogP contribution in [-0.2, 0) is 10.0 Å². The lowest BCUT2D eigenvalue weighted by Gasteiger charge is -2.26. The Kier molecular flexibility index (Phi) is 5.51. The summed E-state index contributed by atoms with van der Waals surface area (Å²) in [6, 6.07) is 3.83. The van der Waals surface area contributed by atoms with Gasteiger partial charge in [0.15, 0.2) is 0 Å². The predicted octanol–water partition coefficient (Wildman–Crippen LogP) is 1.80. The lowest BCUT2D eigenvalue weighted by Crippen LogP contribution is -2.34. The third-order valence-corrected chi connectivity index (χ3v) is 4.49. The van der Waals surface area contributed by atoms with Gasteiger partial charge in [0.25, 0.3) is 0 Å². The van der Waals surface area contributed by atoms with Gasteiger partial charge in [0.2, 0.25) is 10.0 Å². The van der Waals surface area contributed by atoms with Crippen LogP contribution in [0.15, 0.2) is 23.1 Å². The maximum absolute atomic E-state index is 14.1. The molecule has 6 heteroatoms. The van der Waals surface area contributed by atoms with Crippen molar-refractivity contribution in [2.75, 3.05) is 20.1 Å². The van der Waals surface area contributed by atoms with Gasteiger partial charge in [-0.2, -0.15) is 0 Å². The van der Waals surface area contributed by atoms with Crippen molar-refractivity contribution in [3.63, 3.8) is 0 Å². The minimum Gasteiger partial charge on any atom is -0.320 e. The van der Waals surface area contributed by atoms with E-state index in [4.69, 9.17) is 5.73 Å². The molecule has 1 aromatic carbocycles. The SMILES string of the molecule is CN(CC(C)(C)C)S(=O)(=O)c1ccc(C#CCN)cc1F. The van der Waals surface area contributed by atoms with Gasteiger partial charge in [0, 0.05) is 19.2 Å². The fraction of sp³-hybridized carbons (Fsp3) is 0.467. The van der Waals surface area contributed by atoms with Crippen molar-refractivity contribution in [3.05, 3.63) is 29.6 Å². The van der Waals surface area contributed by atoms with Gasteiger partial charge in [0.1, 0.15) is 10.7 Å². The maximum Gasteiger partial charge on any atom is 0.245 e. The molecule has 0 amide bonds. The molecule has 0 spiro atoms. The largest absolute Gasteiger partial charge is 0.320 e. The molecule has 0 aromatic heterocycles. The number of hydrogen-bond acceptors (Lipinski definition) is 3. The van der Waals surface area contributed by atoms with E-state index in [-0.39, 0.29) is 16.9 Å². The van der Waals surface area contributed by atoms with Gasteiger partial charge in [0.05, 0.1) is 6.54 Å². The summed E-state index contributed by atoms with van der Waals surface area (Å²) in [6.07, 6.45) is 0. The summed E-state index contributed by atoms with van der Waals surface area (Å²) >= 11 is 0. The summed E-state index contributed by atoms with van der Waals surface area (Å²) in [6.45, 7) is 6.21. The van der Waals surface area contributed by atoms with E-state index < -0.39 is 15.8 Å². The summed E-state index contributed by atoms with van der Waals surface area (Å²) in [7, 11) is -2.41. The molecule has 0 aliphatic carbocycles. The average molecular weight is 312 g/mol. The van der Waals surface area contributed by atoms with Crippen LogP contribution in [0.4, 0.5) is 4.39 Å². The second-order valence-corrected chi connectivity index (χ2v) is 7.99. The second-order valence-electron chi connectivity index (χ2n) is 5.97. The normalized spacial score (nSPS) is 12.1. The fourth-order valence-electron chi connectivity index (χ4n) is 1.86. The van der Waals surface area contributed by atoms with E-state index in [1.165, 1.54) is 19.2 Å². The van der Waals surface area contributed by atoms with E-state index in [1.54, 1.807) is 0 Å². The first-order chi connectivity index (χ1) is 9.58. The Labute approximate surface area is 126 Å². The van der Waals surface area contributed by atoms with Crippen LogP contribution in [0.25, 0.3) is 0 Å². The number of rotatable bonds is 3. The van der Waals surface area contributed by atoms with Crippen LogP contribution in [0, 0.1) is 23.1 Å². The van der Waals surface area contributed by atoms with Crippen molar-refractivity contribution in [1.82, 2.24) is 4.31 Å². The Morgan fingerprint density at radius 1 is 1.33 bits per heavy atom. The molecule has 0 fully saturated rings. The Hall–Kier alpha value is -1.42. The molecular weight excluding hydrogens is 291 g/mol. The quantitative estimate of drug-likeness (QED) is 0.866. The minimum atomic E-state index is -3.85. The van der Waals surface area contributed by atoms with E-state index >= 15 is 0 Å². The first-order valence-corrected chi connectivity index (χ1v) is 7.97. The molecule has 4 nitrogen and oxygen atoms in total. The number of sulfonamides is 1. The monoisotopic (exact) mass is 312 g/mol. The molecular formula is C15H21FN2O2S. The number of nitrogens with zero attached hydrogens (tertiary/aromatic N) is 1. The van der Waals surface area contributed by atoms with Gasteiger partial charge in [-0.25, -0.2) is 17.1 Å². The molecule has 0 atom stereocenters. The van der Waals surface area contributed by atoms with E-state index in [0.717, 1.165) is 10.4 Å². The molecule has 21 heavy (non-hydrogen) atoms. The lowest BCUT2D eigenvalue weighted by molar-refractivity contribution is 0.310. The summed E-state index contributed by atoms with van der Waals surface area (Å²) in [5.74, 6) is 4.46. The molecule has 0 saturated carbocycles. The van der Waals surface area contributed by atoms with Gasteiger partial charge >= 0.3 is 0 Å². The molecule has 0 unspecified atom stereocenters. The average Bonchev–Trinajstić information content (AvgIpc) is 2.34. The topological polar surface area (TPSA) is 63.4 Å². The molecule has 0 bridgehead atoms.